The Balaban J connectivity index is 2.46. The first-order chi connectivity index (χ1) is 8.77. The maximum atomic E-state index is 10.3. The molecule has 0 aliphatic heterocycles. The average molecular weight is 244 g/mol. The highest BCUT2D eigenvalue weighted by molar-refractivity contribution is 5.67. The van der Waals surface area contributed by atoms with Crippen LogP contribution in [0, 0.1) is 0 Å². The second-order valence-electron chi connectivity index (χ2n) is 4.48. The van der Waals surface area contributed by atoms with E-state index in [9.17, 15) is 5.11 Å². The fourth-order valence-corrected chi connectivity index (χ4v) is 2.16. The zero-order valence-electron chi connectivity index (χ0n) is 11.1. The Labute approximate surface area is 108 Å². The lowest BCUT2D eigenvalue weighted by atomic mass is 10.1. The van der Waals surface area contributed by atoms with Crippen LogP contribution >= 0.6 is 0 Å². The fourth-order valence-electron chi connectivity index (χ4n) is 2.16. The van der Waals surface area contributed by atoms with E-state index in [1.165, 1.54) is 0 Å². The summed E-state index contributed by atoms with van der Waals surface area (Å²) >= 11 is 0. The zero-order chi connectivity index (χ0) is 13.0. The van der Waals surface area contributed by atoms with Crippen LogP contribution in [0.4, 0.5) is 0 Å². The van der Waals surface area contributed by atoms with Crippen LogP contribution in [-0.4, -0.2) is 14.9 Å². The van der Waals surface area contributed by atoms with Crippen LogP contribution in [0.5, 0.6) is 5.75 Å². The average Bonchev–Trinajstić information content (AvgIpc) is 2.70. The highest BCUT2D eigenvalue weighted by atomic mass is 16.3. The molecule has 1 N–H and O–H groups in total. The van der Waals surface area contributed by atoms with Gasteiger partial charge >= 0.3 is 0 Å². The van der Waals surface area contributed by atoms with Crippen molar-refractivity contribution in [2.24, 2.45) is 0 Å². The Morgan fingerprint density at radius 1 is 1.11 bits per heavy atom. The van der Waals surface area contributed by atoms with E-state index in [1.54, 1.807) is 0 Å². The number of nitrogens with zero attached hydrogens (tertiary/aromatic N) is 2. The summed E-state index contributed by atoms with van der Waals surface area (Å²) in [4.78, 5) is 0. The monoisotopic (exact) mass is 244 g/mol. The van der Waals surface area contributed by atoms with Crippen LogP contribution < -0.4 is 0 Å². The predicted molar refractivity (Wildman–Crippen MR) is 73.6 cm³/mol. The van der Waals surface area contributed by atoms with Gasteiger partial charge in [0.05, 0.1) is 5.69 Å². The Bertz CT molecular complexity index is 503. The Morgan fingerprint density at radius 2 is 1.83 bits per heavy atom. The smallest absolute Gasteiger partial charge is 0.164 e. The number of hydrogen-bond acceptors (Lipinski definition) is 2. The van der Waals surface area contributed by atoms with Crippen LogP contribution in [0.3, 0.4) is 0 Å². The van der Waals surface area contributed by atoms with Crippen molar-refractivity contribution in [2.75, 3.05) is 0 Å². The highest BCUT2D eigenvalue weighted by Crippen LogP contribution is 2.32. The van der Waals surface area contributed by atoms with E-state index in [0.717, 1.165) is 37.1 Å². The van der Waals surface area contributed by atoms with E-state index < -0.39 is 0 Å². The van der Waals surface area contributed by atoms with Gasteiger partial charge in [-0.2, -0.15) is 5.10 Å². The van der Waals surface area contributed by atoms with Gasteiger partial charge in [0.15, 0.2) is 5.75 Å². The lowest BCUT2D eigenvalue weighted by Crippen LogP contribution is -2.04. The van der Waals surface area contributed by atoms with E-state index in [-0.39, 0.29) is 0 Å². The maximum absolute atomic E-state index is 10.3. The molecule has 2 aromatic rings. The Kier molecular flexibility index (Phi) is 4.03. The second kappa shape index (κ2) is 5.71. The van der Waals surface area contributed by atoms with Gasteiger partial charge in [-0.25, -0.2) is 0 Å². The summed E-state index contributed by atoms with van der Waals surface area (Å²) in [6.07, 6.45) is 2.90. The summed E-state index contributed by atoms with van der Waals surface area (Å²) in [5.74, 6) is 0.344. The molecule has 3 heteroatoms. The first-order valence-electron chi connectivity index (χ1n) is 6.62. The van der Waals surface area contributed by atoms with Gasteiger partial charge < -0.3 is 5.11 Å². The number of hydrogen-bond donors (Lipinski definition) is 1. The summed E-state index contributed by atoms with van der Waals surface area (Å²) in [5.41, 5.74) is 2.63. The summed E-state index contributed by atoms with van der Waals surface area (Å²) in [5, 5.41) is 14.9. The van der Waals surface area contributed by atoms with Crippen molar-refractivity contribution in [3.8, 4) is 17.0 Å². The van der Waals surface area contributed by atoms with Gasteiger partial charge in [0, 0.05) is 12.1 Å². The quantitative estimate of drug-likeness (QED) is 0.872. The molecule has 1 heterocycles. The topological polar surface area (TPSA) is 38.1 Å². The van der Waals surface area contributed by atoms with Gasteiger partial charge in [-0.3, -0.25) is 4.68 Å². The molecule has 0 spiro atoms. The molecule has 3 nitrogen and oxygen atoms in total. The largest absolute Gasteiger partial charge is 0.504 e. The molecule has 18 heavy (non-hydrogen) atoms. The fraction of sp³-hybridized carbons (Fsp3) is 0.400. The molecule has 0 fully saturated rings. The summed E-state index contributed by atoms with van der Waals surface area (Å²) < 4.78 is 1.95. The molecule has 0 amide bonds. The number of aromatic hydroxyl groups is 1. The van der Waals surface area contributed by atoms with Crippen LogP contribution in [0.15, 0.2) is 30.3 Å². The molecule has 96 valence electrons. The minimum atomic E-state index is 0.344. The molecular formula is C15H20N2O. The Morgan fingerprint density at radius 3 is 2.44 bits per heavy atom. The molecule has 0 saturated carbocycles. The third-order valence-corrected chi connectivity index (χ3v) is 3.00. The number of aryl methyl sites for hydroxylation is 1. The van der Waals surface area contributed by atoms with Crippen molar-refractivity contribution >= 4 is 0 Å². The van der Waals surface area contributed by atoms with E-state index in [1.807, 2.05) is 35.0 Å². The van der Waals surface area contributed by atoms with Crippen LogP contribution in [0.25, 0.3) is 11.3 Å². The molecule has 0 bridgehead atoms. The number of aromatic nitrogens is 2. The molecule has 0 unspecified atom stereocenters. The molecule has 1 aromatic heterocycles. The molecule has 2 rings (SSSR count). The van der Waals surface area contributed by atoms with Gasteiger partial charge in [0.1, 0.15) is 5.69 Å². The third-order valence-electron chi connectivity index (χ3n) is 3.00. The van der Waals surface area contributed by atoms with Crippen LogP contribution in [0.1, 0.15) is 32.4 Å². The predicted octanol–water partition coefficient (Wildman–Crippen LogP) is 3.62. The Hall–Kier alpha value is -1.77. The second-order valence-corrected chi connectivity index (χ2v) is 4.48. The first kappa shape index (κ1) is 12.7. The van der Waals surface area contributed by atoms with Crippen molar-refractivity contribution in [3.63, 3.8) is 0 Å². The van der Waals surface area contributed by atoms with Crippen molar-refractivity contribution in [1.82, 2.24) is 9.78 Å². The normalized spacial score (nSPS) is 10.8. The maximum Gasteiger partial charge on any atom is 0.164 e. The third kappa shape index (κ3) is 2.40. The number of rotatable bonds is 5. The standard InChI is InChI=1S/C15H20N2O/c1-3-8-13-15(18)14(16-17(13)11-4-2)12-9-6-5-7-10-12/h5-7,9-10,18H,3-4,8,11H2,1-2H3. The summed E-state index contributed by atoms with van der Waals surface area (Å²) in [7, 11) is 0. The van der Waals surface area contributed by atoms with Crippen molar-refractivity contribution in [2.45, 2.75) is 39.7 Å². The SMILES string of the molecule is CCCc1c(O)c(-c2ccccc2)nn1CCC. The van der Waals surface area contributed by atoms with Crippen molar-refractivity contribution in [1.29, 1.82) is 0 Å². The van der Waals surface area contributed by atoms with E-state index in [0.29, 0.717) is 11.4 Å². The molecule has 0 aliphatic rings. The lowest BCUT2D eigenvalue weighted by Gasteiger charge is -2.04. The van der Waals surface area contributed by atoms with Crippen LogP contribution in [0.2, 0.25) is 0 Å². The minimum absolute atomic E-state index is 0.344. The first-order valence-corrected chi connectivity index (χ1v) is 6.62. The van der Waals surface area contributed by atoms with E-state index in [2.05, 4.69) is 18.9 Å². The molecule has 0 aliphatic carbocycles. The van der Waals surface area contributed by atoms with Crippen LogP contribution in [-0.2, 0) is 13.0 Å². The van der Waals surface area contributed by atoms with Crippen molar-refractivity contribution < 1.29 is 5.11 Å². The zero-order valence-corrected chi connectivity index (χ0v) is 11.1. The van der Waals surface area contributed by atoms with E-state index >= 15 is 0 Å². The van der Waals surface area contributed by atoms with Gasteiger partial charge in [-0.15, -0.1) is 0 Å². The molecule has 0 radical (unpaired) electrons. The molecular weight excluding hydrogens is 224 g/mol. The molecule has 1 aromatic carbocycles. The minimum Gasteiger partial charge on any atom is -0.504 e. The summed E-state index contributed by atoms with van der Waals surface area (Å²) in [6, 6.07) is 9.86. The molecule has 0 atom stereocenters. The van der Waals surface area contributed by atoms with Gasteiger partial charge in [-0.05, 0) is 12.8 Å². The van der Waals surface area contributed by atoms with Gasteiger partial charge in [-0.1, -0.05) is 50.6 Å². The van der Waals surface area contributed by atoms with E-state index in [4.69, 9.17) is 0 Å². The van der Waals surface area contributed by atoms with Crippen molar-refractivity contribution in [3.05, 3.63) is 36.0 Å². The summed E-state index contributed by atoms with van der Waals surface area (Å²) in [6.45, 7) is 5.09. The highest BCUT2D eigenvalue weighted by Gasteiger charge is 2.17. The van der Waals surface area contributed by atoms with Gasteiger partial charge in [0.25, 0.3) is 0 Å². The lowest BCUT2D eigenvalue weighted by molar-refractivity contribution is 0.462. The van der Waals surface area contributed by atoms with Gasteiger partial charge in [0.2, 0.25) is 0 Å². The number of benzene rings is 1. The molecule has 0 saturated heterocycles.